The molecule has 2 heterocycles. The maximum Gasteiger partial charge on any atom is 0.337 e. The molecule has 0 amide bonds. The minimum absolute atomic E-state index is 0.0249. The van der Waals surface area contributed by atoms with Crippen LogP contribution >= 0.6 is 0 Å². The molecule has 1 atom stereocenters. The molecule has 0 spiro atoms. The second-order valence-corrected chi connectivity index (χ2v) is 8.34. The number of aromatic carboxylic acids is 1. The molecule has 0 bridgehead atoms. The smallest absolute Gasteiger partial charge is 0.337 e. The van der Waals surface area contributed by atoms with E-state index in [1.165, 1.54) is 0 Å². The topological polar surface area (TPSA) is 126 Å². The first kappa shape index (κ1) is 22.0. The first-order valence-electron chi connectivity index (χ1n) is 10.9. The molecule has 4 rings (SSSR count). The number of nitrogens with zero attached hydrogens (tertiary/aromatic N) is 5. The number of carbonyl (C=O) groups is 1. The molecule has 0 aliphatic carbocycles. The van der Waals surface area contributed by atoms with Gasteiger partial charge < -0.3 is 15.3 Å². The third-order valence-corrected chi connectivity index (χ3v) is 6.00. The van der Waals surface area contributed by atoms with Crippen molar-refractivity contribution < 1.29 is 9.90 Å². The van der Waals surface area contributed by atoms with Crippen molar-refractivity contribution in [3.8, 4) is 12.1 Å². The predicted molar refractivity (Wildman–Crippen MR) is 125 cm³/mol. The highest BCUT2D eigenvalue weighted by molar-refractivity contribution is 5.94. The molecule has 3 aromatic rings. The summed E-state index contributed by atoms with van der Waals surface area (Å²) in [6.07, 6.45) is 1.46. The van der Waals surface area contributed by atoms with Gasteiger partial charge in [0.2, 0.25) is 0 Å². The van der Waals surface area contributed by atoms with Crippen LogP contribution in [0.15, 0.2) is 36.4 Å². The van der Waals surface area contributed by atoms with Crippen molar-refractivity contribution in [1.29, 1.82) is 10.5 Å². The summed E-state index contributed by atoms with van der Waals surface area (Å²) in [5, 5.41) is 31.8. The fraction of sp³-hybridized carbons (Fsp3) is 0.320. The number of aromatic nitrogens is 2. The number of nitriles is 2. The molecular formula is C25H24N6O2. The predicted octanol–water partition coefficient (Wildman–Crippen LogP) is 4.42. The van der Waals surface area contributed by atoms with Crippen LogP contribution in [0.4, 0.5) is 11.5 Å². The summed E-state index contributed by atoms with van der Waals surface area (Å²) in [5.41, 5.74) is 4.12. The van der Waals surface area contributed by atoms with Gasteiger partial charge in [-0.15, -0.1) is 0 Å². The number of carboxylic acids is 1. The van der Waals surface area contributed by atoms with E-state index in [2.05, 4.69) is 22.4 Å². The second kappa shape index (κ2) is 9.13. The van der Waals surface area contributed by atoms with Gasteiger partial charge in [-0.1, -0.05) is 18.2 Å². The number of carboxylic acid groups (broad SMARTS) is 1. The zero-order valence-electron chi connectivity index (χ0n) is 18.5. The maximum absolute atomic E-state index is 11.6. The van der Waals surface area contributed by atoms with Gasteiger partial charge in [0.1, 0.15) is 6.07 Å². The Kier molecular flexibility index (Phi) is 6.10. The number of para-hydroxylation sites is 1. The van der Waals surface area contributed by atoms with Crippen molar-refractivity contribution in [3.05, 3.63) is 58.8 Å². The third-order valence-electron chi connectivity index (χ3n) is 6.00. The van der Waals surface area contributed by atoms with Crippen LogP contribution in [0.2, 0.25) is 0 Å². The average molecular weight is 441 g/mol. The second-order valence-electron chi connectivity index (χ2n) is 8.34. The van der Waals surface area contributed by atoms with Gasteiger partial charge in [0.25, 0.3) is 0 Å². The number of anilines is 2. The Balaban J connectivity index is 1.76. The molecule has 1 aliphatic rings. The maximum atomic E-state index is 11.6. The number of piperidine rings is 1. The lowest BCUT2D eigenvalue weighted by Gasteiger charge is -2.30. The van der Waals surface area contributed by atoms with Gasteiger partial charge in [-0.25, -0.2) is 14.8 Å². The van der Waals surface area contributed by atoms with Gasteiger partial charge in [0.05, 0.1) is 28.7 Å². The highest BCUT2D eigenvalue weighted by Gasteiger charge is 2.24. The molecule has 1 saturated heterocycles. The number of nitrogens with one attached hydrogen (secondary N) is 1. The molecule has 2 aromatic carbocycles. The molecule has 0 saturated carbocycles. The average Bonchev–Trinajstić information content (AvgIpc) is 2.82. The van der Waals surface area contributed by atoms with E-state index in [1.54, 1.807) is 24.3 Å². The lowest BCUT2D eigenvalue weighted by molar-refractivity contribution is 0.0698. The minimum atomic E-state index is -0.999. The number of benzene rings is 2. The Morgan fingerprint density at radius 2 is 1.94 bits per heavy atom. The van der Waals surface area contributed by atoms with Crippen LogP contribution in [-0.4, -0.2) is 34.1 Å². The highest BCUT2D eigenvalue weighted by Crippen LogP contribution is 2.31. The van der Waals surface area contributed by atoms with Gasteiger partial charge >= 0.3 is 5.97 Å². The van der Waals surface area contributed by atoms with Gasteiger partial charge in [-0.3, -0.25) is 0 Å². The Labute approximate surface area is 192 Å². The normalized spacial score (nSPS) is 15.0. The van der Waals surface area contributed by atoms with Crippen molar-refractivity contribution in [2.24, 2.45) is 5.92 Å². The van der Waals surface area contributed by atoms with E-state index in [1.807, 2.05) is 30.9 Å². The third kappa shape index (κ3) is 4.42. The quantitative estimate of drug-likeness (QED) is 0.597. The summed E-state index contributed by atoms with van der Waals surface area (Å²) in [5.74, 6) is -0.442. The SMILES string of the molecule is Cc1cc([C@@H](C)Nc2ccccc2C(=O)O)c2nc(N3CCC(C#N)CC3)c(C#N)nc2c1. The molecule has 1 aliphatic heterocycles. The number of aryl methyl sites for hydroxylation is 1. The Morgan fingerprint density at radius 1 is 1.21 bits per heavy atom. The van der Waals surface area contributed by atoms with Crippen LogP contribution in [0.3, 0.4) is 0 Å². The fourth-order valence-corrected chi connectivity index (χ4v) is 4.28. The molecule has 0 unspecified atom stereocenters. The van der Waals surface area contributed by atoms with E-state index in [4.69, 9.17) is 4.98 Å². The van der Waals surface area contributed by atoms with Crippen molar-refractivity contribution in [2.75, 3.05) is 23.3 Å². The minimum Gasteiger partial charge on any atom is -0.478 e. The number of hydrogen-bond donors (Lipinski definition) is 2. The Hall–Kier alpha value is -4.17. The van der Waals surface area contributed by atoms with Crippen LogP contribution in [0.1, 0.15) is 53.0 Å². The molecule has 0 radical (unpaired) electrons. The zero-order chi connectivity index (χ0) is 23.5. The van der Waals surface area contributed by atoms with Crippen LogP contribution in [0.5, 0.6) is 0 Å². The van der Waals surface area contributed by atoms with Crippen LogP contribution in [-0.2, 0) is 0 Å². The van der Waals surface area contributed by atoms with Gasteiger partial charge in [0, 0.05) is 30.3 Å². The summed E-state index contributed by atoms with van der Waals surface area (Å²) in [6, 6.07) is 14.9. The van der Waals surface area contributed by atoms with Crippen molar-refractivity contribution in [1.82, 2.24) is 9.97 Å². The summed E-state index contributed by atoms with van der Waals surface area (Å²) >= 11 is 0. The van der Waals surface area contributed by atoms with E-state index in [-0.39, 0.29) is 23.2 Å². The summed E-state index contributed by atoms with van der Waals surface area (Å²) in [7, 11) is 0. The summed E-state index contributed by atoms with van der Waals surface area (Å²) in [4.78, 5) is 23.1. The van der Waals surface area contributed by atoms with Crippen LogP contribution in [0, 0.1) is 35.5 Å². The summed E-state index contributed by atoms with van der Waals surface area (Å²) in [6.45, 7) is 5.20. The van der Waals surface area contributed by atoms with E-state index >= 15 is 0 Å². The van der Waals surface area contributed by atoms with Crippen LogP contribution < -0.4 is 10.2 Å². The number of rotatable bonds is 5. The summed E-state index contributed by atoms with van der Waals surface area (Å²) < 4.78 is 0. The first-order valence-corrected chi connectivity index (χ1v) is 10.9. The molecular weight excluding hydrogens is 416 g/mol. The largest absolute Gasteiger partial charge is 0.478 e. The van der Waals surface area contributed by atoms with E-state index in [0.29, 0.717) is 35.6 Å². The molecule has 1 aromatic heterocycles. The lowest BCUT2D eigenvalue weighted by Crippen LogP contribution is -2.34. The Morgan fingerprint density at radius 3 is 2.61 bits per heavy atom. The highest BCUT2D eigenvalue weighted by atomic mass is 16.4. The number of fused-ring (bicyclic) bond motifs is 1. The monoisotopic (exact) mass is 440 g/mol. The van der Waals surface area contributed by atoms with Gasteiger partial charge in [-0.05, 0) is 50.5 Å². The molecule has 8 heteroatoms. The molecule has 166 valence electrons. The van der Waals surface area contributed by atoms with Crippen molar-refractivity contribution >= 4 is 28.5 Å². The van der Waals surface area contributed by atoms with E-state index in [9.17, 15) is 20.4 Å². The van der Waals surface area contributed by atoms with E-state index in [0.717, 1.165) is 24.0 Å². The molecule has 1 fully saturated rings. The van der Waals surface area contributed by atoms with Crippen molar-refractivity contribution in [3.63, 3.8) is 0 Å². The number of hydrogen-bond acceptors (Lipinski definition) is 7. The lowest BCUT2D eigenvalue weighted by atomic mass is 9.98. The van der Waals surface area contributed by atoms with E-state index < -0.39 is 5.97 Å². The Bertz CT molecular complexity index is 1300. The zero-order valence-corrected chi connectivity index (χ0v) is 18.5. The fourth-order valence-electron chi connectivity index (χ4n) is 4.28. The van der Waals surface area contributed by atoms with Gasteiger partial charge in [0.15, 0.2) is 11.5 Å². The van der Waals surface area contributed by atoms with Crippen LogP contribution in [0.25, 0.3) is 11.0 Å². The van der Waals surface area contributed by atoms with Gasteiger partial charge in [-0.2, -0.15) is 10.5 Å². The molecule has 33 heavy (non-hydrogen) atoms. The molecule has 2 N–H and O–H groups in total. The molecule has 8 nitrogen and oxygen atoms in total. The first-order chi connectivity index (χ1) is 15.9. The standard InChI is InChI=1S/C25H24N6O2/c1-15-11-19(16(2)28-20-6-4-3-5-18(20)25(32)33)23-21(12-15)29-22(14-27)24(30-23)31-9-7-17(13-26)8-10-31/h3-6,11-12,16-17,28H,7-10H2,1-2H3,(H,32,33)/t16-/m1/s1. The van der Waals surface area contributed by atoms with Crippen molar-refractivity contribution in [2.45, 2.75) is 32.7 Å².